The molecule has 0 radical (unpaired) electrons. The van der Waals surface area contributed by atoms with Crippen LogP contribution in [0.2, 0.25) is 0 Å². The number of nitrogens with one attached hydrogen (secondary N) is 1. The van der Waals surface area contributed by atoms with Crippen molar-refractivity contribution in [3.05, 3.63) is 35.4 Å². The predicted molar refractivity (Wildman–Crippen MR) is 54.3 cm³/mol. The van der Waals surface area contributed by atoms with Crippen LogP contribution in [0.25, 0.3) is 0 Å². The normalized spacial score (nSPS) is 17.8. The van der Waals surface area contributed by atoms with Gasteiger partial charge in [0.15, 0.2) is 0 Å². The predicted octanol–water partition coefficient (Wildman–Crippen LogP) is 1.88. The van der Waals surface area contributed by atoms with Gasteiger partial charge in [0.05, 0.1) is 0 Å². The summed E-state index contributed by atoms with van der Waals surface area (Å²) >= 11 is 0. The van der Waals surface area contributed by atoms with Crippen molar-refractivity contribution in [3.8, 4) is 12.3 Å². The molecule has 0 amide bonds. The zero-order chi connectivity index (χ0) is 9.31. The Balaban J connectivity index is 2.37. The molecule has 0 atom stereocenters. The largest absolute Gasteiger partial charge is 0.310 e. The number of hydrogen-bond acceptors (Lipinski definition) is 1. The van der Waals surface area contributed by atoms with Crippen molar-refractivity contribution in [2.75, 3.05) is 7.05 Å². The van der Waals surface area contributed by atoms with E-state index in [1.54, 1.807) is 0 Å². The topological polar surface area (TPSA) is 12.0 Å². The minimum Gasteiger partial charge on any atom is -0.310 e. The summed E-state index contributed by atoms with van der Waals surface area (Å²) in [5, 5.41) is 3.35. The van der Waals surface area contributed by atoms with Crippen LogP contribution in [0.5, 0.6) is 0 Å². The van der Waals surface area contributed by atoms with Crippen LogP contribution in [-0.4, -0.2) is 7.05 Å². The molecule has 0 saturated heterocycles. The summed E-state index contributed by atoms with van der Waals surface area (Å²) < 4.78 is 0. The molecule has 0 aromatic heterocycles. The second-order valence-electron chi connectivity index (χ2n) is 3.56. The Kier molecular flexibility index (Phi) is 1.86. The van der Waals surface area contributed by atoms with Crippen molar-refractivity contribution >= 4 is 0 Å². The van der Waals surface area contributed by atoms with Gasteiger partial charge in [-0.05, 0) is 37.6 Å². The monoisotopic (exact) mass is 171 g/mol. The van der Waals surface area contributed by atoms with Crippen molar-refractivity contribution in [3.63, 3.8) is 0 Å². The van der Waals surface area contributed by atoms with Crippen molar-refractivity contribution in [2.24, 2.45) is 0 Å². The first kappa shape index (κ1) is 8.34. The zero-order valence-corrected chi connectivity index (χ0v) is 7.80. The molecule has 2 rings (SSSR count). The van der Waals surface area contributed by atoms with Crippen molar-refractivity contribution in [1.82, 2.24) is 5.32 Å². The van der Waals surface area contributed by atoms with Gasteiger partial charge in [-0.25, -0.2) is 0 Å². The van der Waals surface area contributed by atoms with Crippen LogP contribution in [0.15, 0.2) is 24.3 Å². The van der Waals surface area contributed by atoms with Crippen LogP contribution in [0.4, 0.5) is 0 Å². The van der Waals surface area contributed by atoms with Crippen LogP contribution >= 0.6 is 0 Å². The first-order chi connectivity index (χ1) is 6.30. The van der Waals surface area contributed by atoms with Crippen molar-refractivity contribution in [1.29, 1.82) is 0 Å². The first-order valence-electron chi connectivity index (χ1n) is 4.57. The third kappa shape index (κ3) is 1.34. The van der Waals surface area contributed by atoms with E-state index in [0.29, 0.717) is 0 Å². The fourth-order valence-corrected chi connectivity index (χ4v) is 1.71. The van der Waals surface area contributed by atoms with Gasteiger partial charge in [0.1, 0.15) is 0 Å². The molecule has 1 saturated carbocycles. The molecule has 0 bridgehead atoms. The van der Waals surface area contributed by atoms with E-state index < -0.39 is 0 Å². The van der Waals surface area contributed by atoms with Gasteiger partial charge in [0.2, 0.25) is 0 Å². The van der Waals surface area contributed by atoms with E-state index in [1.165, 1.54) is 18.4 Å². The molecule has 0 heterocycles. The summed E-state index contributed by atoms with van der Waals surface area (Å²) in [6.45, 7) is 0. The minimum absolute atomic E-state index is 0.229. The van der Waals surface area contributed by atoms with Crippen LogP contribution in [0.3, 0.4) is 0 Å². The van der Waals surface area contributed by atoms with Crippen LogP contribution in [-0.2, 0) is 5.54 Å². The summed E-state index contributed by atoms with van der Waals surface area (Å²) in [5.74, 6) is 2.66. The van der Waals surface area contributed by atoms with Crippen molar-refractivity contribution in [2.45, 2.75) is 18.4 Å². The molecule has 1 aliphatic carbocycles. The van der Waals surface area contributed by atoms with Gasteiger partial charge in [0.25, 0.3) is 0 Å². The van der Waals surface area contributed by atoms with Crippen LogP contribution < -0.4 is 5.32 Å². The highest BCUT2D eigenvalue weighted by Gasteiger charge is 2.42. The SMILES string of the molecule is C#Cc1cccc(C2(NC)CC2)c1. The third-order valence-corrected chi connectivity index (χ3v) is 2.81. The zero-order valence-electron chi connectivity index (χ0n) is 7.80. The molecule has 1 aromatic carbocycles. The highest BCUT2D eigenvalue weighted by molar-refractivity contribution is 5.40. The summed E-state index contributed by atoms with van der Waals surface area (Å²) in [5.41, 5.74) is 2.52. The highest BCUT2D eigenvalue weighted by atomic mass is 15.0. The Bertz CT molecular complexity index is 356. The quantitative estimate of drug-likeness (QED) is 0.670. The van der Waals surface area contributed by atoms with Gasteiger partial charge in [-0.15, -0.1) is 6.42 Å². The van der Waals surface area contributed by atoms with E-state index in [4.69, 9.17) is 6.42 Å². The number of rotatable bonds is 2. The number of benzene rings is 1. The Hall–Kier alpha value is -1.26. The summed E-state index contributed by atoms with van der Waals surface area (Å²) in [4.78, 5) is 0. The van der Waals surface area contributed by atoms with E-state index in [0.717, 1.165) is 5.56 Å². The molecule has 1 nitrogen and oxygen atoms in total. The van der Waals surface area contributed by atoms with Gasteiger partial charge >= 0.3 is 0 Å². The maximum atomic E-state index is 5.35. The maximum Gasteiger partial charge on any atom is 0.0434 e. The standard InChI is InChI=1S/C12H13N/c1-3-10-5-4-6-11(9-10)12(13-2)7-8-12/h1,4-6,9,13H,7-8H2,2H3. The smallest absolute Gasteiger partial charge is 0.0434 e. The lowest BCUT2D eigenvalue weighted by molar-refractivity contribution is 0.585. The van der Waals surface area contributed by atoms with Crippen molar-refractivity contribution < 1.29 is 0 Å². The fraction of sp³-hybridized carbons (Fsp3) is 0.333. The lowest BCUT2D eigenvalue weighted by atomic mass is 10.0. The molecule has 1 heteroatoms. The lowest BCUT2D eigenvalue weighted by Gasteiger charge is -2.14. The van der Waals surface area contributed by atoms with Gasteiger partial charge in [-0.1, -0.05) is 18.1 Å². The van der Waals surface area contributed by atoms with Crippen LogP contribution in [0, 0.1) is 12.3 Å². The second kappa shape index (κ2) is 2.90. The van der Waals surface area contributed by atoms with E-state index in [1.807, 2.05) is 19.2 Å². The molecule has 66 valence electrons. The third-order valence-electron chi connectivity index (χ3n) is 2.81. The Morgan fingerprint density at radius 2 is 2.23 bits per heavy atom. The van der Waals surface area contributed by atoms with Crippen LogP contribution in [0.1, 0.15) is 24.0 Å². The minimum atomic E-state index is 0.229. The summed E-state index contributed by atoms with van der Waals surface area (Å²) in [7, 11) is 2.01. The Morgan fingerprint density at radius 1 is 1.46 bits per heavy atom. The van der Waals surface area contributed by atoms with Gasteiger partial charge in [0, 0.05) is 11.1 Å². The molecule has 1 aliphatic rings. The molecule has 1 fully saturated rings. The number of terminal acetylenes is 1. The van der Waals surface area contributed by atoms with E-state index in [9.17, 15) is 0 Å². The van der Waals surface area contributed by atoms with Gasteiger partial charge < -0.3 is 5.32 Å². The van der Waals surface area contributed by atoms with E-state index in [2.05, 4.69) is 23.4 Å². The van der Waals surface area contributed by atoms with Gasteiger partial charge in [-0.2, -0.15) is 0 Å². The fourth-order valence-electron chi connectivity index (χ4n) is 1.71. The first-order valence-corrected chi connectivity index (χ1v) is 4.57. The molecule has 1 N–H and O–H groups in total. The molecule has 0 aliphatic heterocycles. The average Bonchev–Trinajstić information content (AvgIpc) is 2.99. The summed E-state index contributed by atoms with van der Waals surface area (Å²) in [6.07, 6.45) is 7.79. The molecular weight excluding hydrogens is 158 g/mol. The molecule has 1 aromatic rings. The molecule has 0 spiro atoms. The van der Waals surface area contributed by atoms with Gasteiger partial charge in [-0.3, -0.25) is 0 Å². The van der Waals surface area contributed by atoms with E-state index in [-0.39, 0.29) is 5.54 Å². The van der Waals surface area contributed by atoms with E-state index >= 15 is 0 Å². The number of hydrogen-bond donors (Lipinski definition) is 1. The lowest BCUT2D eigenvalue weighted by Crippen LogP contribution is -2.24. The maximum absolute atomic E-state index is 5.35. The Morgan fingerprint density at radius 3 is 2.77 bits per heavy atom. The molecular formula is C12H13N. The second-order valence-corrected chi connectivity index (χ2v) is 3.56. The molecule has 13 heavy (non-hydrogen) atoms. The summed E-state index contributed by atoms with van der Waals surface area (Å²) in [6, 6.07) is 8.24. The Labute approximate surface area is 79.2 Å². The average molecular weight is 171 g/mol. The molecule has 0 unspecified atom stereocenters. The highest BCUT2D eigenvalue weighted by Crippen LogP contribution is 2.45.